The molecule has 3 aliphatic rings. The van der Waals surface area contributed by atoms with Crippen LogP contribution in [0.25, 0.3) is 0 Å². The molecule has 3 unspecified atom stereocenters. The molecule has 1 amide bonds. The van der Waals surface area contributed by atoms with E-state index in [1.165, 1.54) is 42.1 Å². The predicted molar refractivity (Wildman–Crippen MR) is 100 cm³/mol. The number of sulfonamides is 1. The van der Waals surface area contributed by atoms with Gasteiger partial charge in [0.1, 0.15) is 6.07 Å². The highest BCUT2D eigenvalue weighted by molar-refractivity contribution is 7.89. The van der Waals surface area contributed by atoms with Crippen LogP contribution >= 0.6 is 0 Å². The van der Waals surface area contributed by atoms with E-state index in [9.17, 15) is 18.5 Å². The molecule has 1 aromatic rings. The molecule has 27 heavy (non-hydrogen) atoms. The summed E-state index contributed by atoms with van der Waals surface area (Å²) in [4.78, 5) is 14.5. The van der Waals surface area contributed by atoms with Gasteiger partial charge in [-0.05, 0) is 49.1 Å². The number of amides is 1. The van der Waals surface area contributed by atoms with Crippen LogP contribution < -0.4 is 0 Å². The van der Waals surface area contributed by atoms with Crippen LogP contribution in [0.2, 0.25) is 0 Å². The Balaban J connectivity index is 1.37. The van der Waals surface area contributed by atoms with Crippen molar-refractivity contribution in [3.05, 3.63) is 29.8 Å². The van der Waals surface area contributed by atoms with Crippen molar-refractivity contribution in [3.8, 4) is 6.07 Å². The van der Waals surface area contributed by atoms with Crippen molar-refractivity contribution in [2.45, 2.75) is 37.0 Å². The number of carbonyl (C=O) groups is 1. The summed E-state index contributed by atoms with van der Waals surface area (Å²) in [5.41, 5.74) is 0.160. The van der Waals surface area contributed by atoms with Gasteiger partial charge in [-0.2, -0.15) is 9.57 Å². The van der Waals surface area contributed by atoms with E-state index < -0.39 is 10.0 Å². The molecule has 2 saturated carbocycles. The number of nitriles is 1. The van der Waals surface area contributed by atoms with E-state index >= 15 is 0 Å². The van der Waals surface area contributed by atoms with E-state index in [0.29, 0.717) is 25.4 Å². The van der Waals surface area contributed by atoms with Crippen LogP contribution in [0.1, 0.15) is 37.7 Å². The molecule has 2 aliphatic carbocycles. The summed E-state index contributed by atoms with van der Waals surface area (Å²) in [6.45, 7) is 1.41. The Labute approximate surface area is 160 Å². The Kier molecular flexibility index (Phi) is 4.95. The first-order valence-corrected chi connectivity index (χ1v) is 11.2. The van der Waals surface area contributed by atoms with Crippen molar-refractivity contribution < 1.29 is 13.2 Å². The summed E-state index contributed by atoms with van der Waals surface area (Å²) in [6.07, 6.45) is 5.70. The Hall–Kier alpha value is -1.91. The highest BCUT2D eigenvalue weighted by atomic mass is 32.2. The second kappa shape index (κ2) is 7.25. The summed E-state index contributed by atoms with van der Waals surface area (Å²) < 4.78 is 27.2. The molecule has 2 bridgehead atoms. The highest BCUT2D eigenvalue weighted by Crippen LogP contribution is 2.49. The number of fused-ring (bicyclic) bond motifs is 2. The van der Waals surface area contributed by atoms with Crippen LogP contribution in [0.5, 0.6) is 0 Å². The minimum absolute atomic E-state index is 0.0502. The fourth-order valence-corrected chi connectivity index (χ4v) is 6.65. The topological polar surface area (TPSA) is 81.5 Å². The van der Waals surface area contributed by atoms with E-state index in [0.717, 1.165) is 11.8 Å². The molecule has 0 aromatic heterocycles. The maximum Gasteiger partial charge on any atom is 0.244 e. The first kappa shape index (κ1) is 18.5. The van der Waals surface area contributed by atoms with E-state index in [-0.39, 0.29) is 29.5 Å². The van der Waals surface area contributed by atoms with Crippen molar-refractivity contribution in [1.29, 1.82) is 5.26 Å². The third-order valence-corrected chi connectivity index (χ3v) is 8.49. The van der Waals surface area contributed by atoms with Gasteiger partial charge in [-0.3, -0.25) is 4.79 Å². The zero-order valence-electron chi connectivity index (χ0n) is 15.4. The lowest BCUT2D eigenvalue weighted by Crippen LogP contribution is -2.50. The Morgan fingerprint density at radius 1 is 1.11 bits per heavy atom. The molecule has 1 aliphatic heterocycles. The number of rotatable bonds is 4. The van der Waals surface area contributed by atoms with Gasteiger partial charge in [-0.15, -0.1) is 0 Å². The van der Waals surface area contributed by atoms with Crippen LogP contribution in [0.15, 0.2) is 29.2 Å². The van der Waals surface area contributed by atoms with Crippen LogP contribution in [-0.4, -0.2) is 49.7 Å². The fourth-order valence-electron chi connectivity index (χ4n) is 5.08. The van der Waals surface area contributed by atoms with Crippen molar-refractivity contribution in [3.63, 3.8) is 0 Å². The van der Waals surface area contributed by atoms with Gasteiger partial charge in [0, 0.05) is 32.6 Å². The Bertz CT molecular complexity index is 869. The molecule has 6 nitrogen and oxygen atoms in total. The third kappa shape index (κ3) is 3.48. The zero-order valence-corrected chi connectivity index (χ0v) is 16.2. The molecule has 4 rings (SSSR count). The molecular formula is C20H25N3O3S. The van der Waals surface area contributed by atoms with Crippen LogP contribution in [0, 0.1) is 29.1 Å². The normalized spacial score (nSPS) is 28.3. The second-order valence-electron chi connectivity index (χ2n) is 8.03. The molecule has 3 fully saturated rings. The van der Waals surface area contributed by atoms with Gasteiger partial charge in [0.05, 0.1) is 10.5 Å². The Morgan fingerprint density at radius 2 is 1.85 bits per heavy atom. The van der Waals surface area contributed by atoms with Crippen LogP contribution in [-0.2, 0) is 14.8 Å². The molecule has 0 N–H and O–H groups in total. The number of benzene rings is 1. The first-order chi connectivity index (χ1) is 13.0. The van der Waals surface area contributed by atoms with Gasteiger partial charge in [-0.1, -0.05) is 18.6 Å². The average molecular weight is 388 g/mol. The Morgan fingerprint density at radius 3 is 2.48 bits per heavy atom. The quantitative estimate of drug-likeness (QED) is 0.793. The molecule has 1 saturated heterocycles. The van der Waals surface area contributed by atoms with E-state index in [1.807, 2.05) is 11.0 Å². The molecule has 3 atom stereocenters. The van der Waals surface area contributed by atoms with Gasteiger partial charge in [0.15, 0.2) is 0 Å². The van der Waals surface area contributed by atoms with Gasteiger partial charge >= 0.3 is 0 Å². The zero-order chi connectivity index (χ0) is 19.0. The lowest BCUT2D eigenvalue weighted by Gasteiger charge is -2.35. The monoisotopic (exact) mass is 387 g/mol. The number of hydrogen-bond donors (Lipinski definition) is 0. The van der Waals surface area contributed by atoms with Crippen LogP contribution in [0.4, 0.5) is 0 Å². The van der Waals surface area contributed by atoms with Crippen molar-refractivity contribution in [2.24, 2.45) is 17.8 Å². The van der Waals surface area contributed by atoms with Crippen LogP contribution in [0.3, 0.4) is 0 Å². The molecule has 1 aromatic carbocycles. The summed E-state index contributed by atoms with van der Waals surface area (Å²) in [5.74, 6) is 2.25. The van der Waals surface area contributed by atoms with E-state index in [2.05, 4.69) is 0 Å². The minimum atomic E-state index is -3.71. The van der Waals surface area contributed by atoms with E-state index in [4.69, 9.17) is 0 Å². The first-order valence-electron chi connectivity index (χ1n) is 9.76. The summed E-state index contributed by atoms with van der Waals surface area (Å²) in [6, 6.07) is 8.22. The van der Waals surface area contributed by atoms with Gasteiger partial charge in [0.25, 0.3) is 0 Å². The maximum absolute atomic E-state index is 12.9. The van der Waals surface area contributed by atoms with Crippen molar-refractivity contribution in [1.82, 2.24) is 9.21 Å². The molecule has 0 radical (unpaired) electrons. The number of piperazine rings is 1. The van der Waals surface area contributed by atoms with Gasteiger partial charge in [-0.25, -0.2) is 8.42 Å². The lowest BCUT2D eigenvalue weighted by atomic mass is 9.86. The number of nitrogens with zero attached hydrogens (tertiary/aromatic N) is 3. The maximum atomic E-state index is 12.9. The molecular weight excluding hydrogens is 362 g/mol. The number of carbonyl (C=O) groups excluding carboxylic acids is 1. The van der Waals surface area contributed by atoms with Gasteiger partial charge in [0.2, 0.25) is 15.9 Å². The average Bonchev–Trinajstić information content (AvgIpc) is 3.31. The summed E-state index contributed by atoms with van der Waals surface area (Å²) in [5, 5.41) is 9.19. The third-order valence-electron chi connectivity index (χ3n) is 6.54. The molecule has 144 valence electrons. The molecule has 0 spiro atoms. The molecule has 7 heteroatoms. The SMILES string of the molecule is N#Cc1ccccc1S(=O)(=O)N1CCN(C(=O)CC2CC3CCC2C3)CC1. The lowest BCUT2D eigenvalue weighted by molar-refractivity contribution is -0.133. The largest absolute Gasteiger partial charge is 0.340 e. The highest BCUT2D eigenvalue weighted by Gasteiger charge is 2.41. The smallest absolute Gasteiger partial charge is 0.244 e. The summed E-state index contributed by atoms with van der Waals surface area (Å²) in [7, 11) is -3.71. The molecule has 1 heterocycles. The van der Waals surface area contributed by atoms with Gasteiger partial charge < -0.3 is 4.90 Å². The van der Waals surface area contributed by atoms with Crippen molar-refractivity contribution >= 4 is 15.9 Å². The van der Waals surface area contributed by atoms with E-state index in [1.54, 1.807) is 12.1 Å². The fraction of sp³-hybridized carbons (Fsp3) is 0.600. The minimum Gasteiger partial charge on any atom is -0.340 e. The number of hydrogen-bond acceptors (Lipinski definition) is 4. The second-order valence-corrected chi connectivity index (χ2v) is 9.94. The predicted octanol–water partition coefficient (Wildman–Crippen LogP) is 2.22. The summed E-state index contributed by atoms with van der Waals surface area (Å²) >= 11 is 0. The standard InChI is InChI=1S/C20H25N3O3S/c21-14-17-3-1-2-4-19(17)27(25,26)23-9-7-22(8-10-23)20(24)13-18-12-15-5-6-16(18)11-15/h1-4,15-16,18H,5-13H2. The van der Waals surface area contributed by atoms with Crippen molar-refractivity contribution in [2.75, 3.05) is 26.2 Å².